The van der Waals surface area contributed by atoms with Crippen LogP contribution in [-0.4, -0.2) is 4.98 Å². The highest BCUT2D eigenvalue weighted by molar-refractivity contribution is 6.30. The van der Waals surface area contributed by atoms with Gasteiger partial charge in [0.2, 0.25) is 0 Å². The normalized spacial score (nSPS) is 12.8. The molecule has 1 aromatic carbocycles. The number of aryl methyl sites for hydroxylation is 3. The average molecular weight is 284 g/mol. The number of hydrogen-bond donors (Lipinski definition) is 1. The van der Waals surface area contributed by atoms with E-state index in [1.807, 2.05) is 31.2 Å². The van der Waals surface area contributed by atoms with Crippen molar-refractivity contribution in [1.82, 2.24) is 4.98 Å². The fourth-order valence-electron chi connectivity index (χ4n) is 2.55. The average Bonchev–Trinajstić information content (AvgIpc) is 2.88. The molecule has 1 aliphatic rings. The van der Waals surface area contributed by atoms with Crippen LogP contribution in [0.4, 0.5) is 11.5 Å². The Morgan fingerprint density at radius 1 is 1.30 bits per heavy atom. The van der Waals surface area contributed by atoms with Gasteiger partial charge in [-0.1, -0.05) is 11.6 Å². The van der Waals surface area contributed by atoms with E-state index in [2.05, 4.69) is 16.4 Å². The highest BCUT2D eigenvalue weighted by Crippen LogP contribution is 2.28. The molecular weight excluding hydrogens is 270 g/mol. The second-order valence-electron chi connectivity index (χ2n) is 5.04. The van der Waals surface area contributed by atoms with Gasteiger partial charge in [0.05, 0.1) is 5.56 Å². The van der Waals surface area contributed by atoms with Crippen LogP contribution in [0.2, 0.25) is 5.02 Å². The summed E-state index contributed by atoms with van der Waals surface area (Å²) in [7, 11) is 0. The maximum absolute atomic E-state index is 9.29. The van der Waals surface area contributed by atoms with E-state index in [1.165, 1.54) is 5.56 Å². The zero-order valence-electron chi connectivity index (χ0n) is 11.2. The Kier molecular flexibility index (Phi) is 3.33. The third-order valence-electron chi connectivity index (χ3n) is 3.61. The molecule has 0 unspecified atom stereocenters. The van der Waals surface area contributed by atoms with Crippen molar-refractivity contribution in [3.05, 3.63) is 51.7 Å². The molecule has 1 aliphatic carbocycles. The molecule has 1 heterocycles. The standard InChI is InChI=1S/C16H14ClN3/c1-10-7-13(17)5-6-14(10)19-16-12(9-18)8-11-3-2-4-15(11)20-16/h5-8H,2-4H2,1H3,(H,19,20). The van der Waals surface area contributed by atoms with E-state index in [-0.39, 0.29) is 0 Å². The number of hydrogen-bond acceptors (Lipinski definition) is 3. The van der Waals surface area contributed by atoms with E-state index < -0.39 is 0 Å². The topological polar surface area (TPSA) is 48.7 Å². The van der Waals surface area contributed by atoms with Crippen LogP contribution >= 0.6 is 11.6 Å². The molecule has 100 valence electrons. The molecule has 0 saturated carbocycles. The predicted molar refractivity (Wildman–Crippen MR) is 80.4 cm³/mol. The van der Waals surface area contributed by atoms with Crippen molar-refractivity contribution in [3.63, 3.8) is 0 Å². The lowest BCUT2D eigenvalue weighted by Crippen LogP contribution is -2.02. The lowest BCUT2D eigenvalue weighted by molar-refractivity contribution is 0.900. The van der Waals surface area contributed by atoms with Crippen molar-refractivity contribution >= 4 is 23.1 Å². The van der Waals surface area contributed by atoms with E-state index in [9.17, 15) is 5.26 Å². The molecule has 0 radical (unpaired) electrons. The summed E-state index contributed by atoms with van der Waals surface area (Å²) in [5.41, 5.74) is 4.87. The van der Waals surface area contributed by atoms with Gasteiger partial charge in [0.15, 0.2) is 0 Å². The van der Waals surface area contributed by atoms with E-state index in [0.29, 0.717) is 16.4 Å². The first-order valence-electron chi connectivity index (χ1n) is 6.63. The van der Waals surface area contributed by atoms with E-state index >= 15 is 0 Å². The molecule has 2 aromatic rings. The van der Waals surface area contributed by atoms with Crippen molar-refractivity contribution in [2.75, 3.05) is 5.32 Å². The maximum atomic E-state index is 9.29. The lowest BCUT2D eigenvalue weighted by atomic mass is 10.1. The Morgan fingerprint density at radius 2 is 2.15 bits per heavy atom. The molecule has 0 atom stereocenters. The van der Waals surface area contributed by atoms with E-state index in [4.69, 9.17) is 11.6 Å². The van der Waals surface area contributed by atoms with E-state index in [0.717, 1.165) is 36.2 Å². The number of pyridine rings is 1. The molecule has 0 spiro atoms. The van der Waals surface area contributed by atoms with Gasteiger partial charge in [-0.2, -0.15) is 5.26 Å². The molecule has 0 amide bonds. The number of nitrogens with zero attached hydrogens (tertiary/aromatic N) is 2. The minimum Gasteiger partial charge on any atom is -0.339 e. The molecule has 0 aliphatic heterocycles. The van der Waals surface area contributed by atoms with Gasteiger partial charge in [-0.25, -0.2) is 4.98 Å². The molecule has 3 nitrogen and oxygen atoms in total. The third-order valence-corrected chi connectivity index (χ3v) is 3.85. The van der Waals surface area contributed by atoms with Crippen molar-refractivity contribution in [2.24, 2.45) is 0 Å². The highest BCUT2D eigenvalue weighted by atomic mass is 35.5. The van der Waals surface area contributed by atoms with Crippen molar-refractivity contribution in [2.45, 2.75) is 26.2 Å². The summed E-state index contributed by atoms with van der Waals surface area (Å²) < 4.78 is 0. The zero-order valence-corrected chi connectivity index (χ0v) is 12.0. The van der Waals surface area contributed by atoms with Crippen LogP contribution in [0.5, 0.6) is 0 Å². The predicted octanol–water partition coefficient (Wildman–Crippen LogP) is 4.15. The first kappa shape index (κ1) is 13.0. The van der Waals surface area contributed by atoms with Crippen LogP contribution in [0.25, 0.3) is 0 Å². The molecule has 1 N–H and O–H groups in total. The number of fused-ring (bicyclic) bond motifs is 1. The molecule has 20 heavy (non-hydrogen) atoms. The highest BCUT2D eigenvalue weighted by Gasteiger charge is 2.16. The summed E-state index contributed by atoms with van der Waals surface area (Å²) in [5.74, 6) is 0.638. The number of aromatic nitrogens is 1. The van der Waals surface area contributed by atoms with Gasteiger partial charge in [-0.05, 0) is 61.6 Å². The third kappa shape index (κ3) is 2.35. The number of anilines is 2. The lowest BCUT2D eigenvalue weighted by Gasteiger charge is -2.12. The molecule has 0 bridgehead atoms. The largest absolute Gasteiger partial charge is 0.339 e. The number of halogens is 1. The Bertz CT molecular complexity index is 716. The monoisotopic (exact) mass is 283 g/mol. The fourth-order valence-corrected chi connectivity index (χ4v) is 2.77. The molecule has 0 saturated heterocycles. The van der Waals surface area contributed by atoms with Crippen molar-refractivity contribution in [1.29, 1.82) is 5.26 Å². The van der Waals surface area contributed by atoms with Crippen molar-refractivity contribution in [3.8, 4) is 6.07 Å². The molecule has 4 heteroatoms. The second-order valence-corrected chi connectivity index (χ2v) is 5.48. The Labute approximate surface area is 123 Å². The summed E-state index contributed by atoms with van der Waals surface area (Å²) in [6.45, 7) is 1.98. The summed E-state index contributed by atoms with van der Waals surface area (Å²) >= 11 is 5.96. The summed E-state index contributed by atoms with van der Waals surface area (Å²) in [4.78, 5) is 4.62. The van der Waals surface area contributed by atoms with Crippen LogP contribution < -0.4 is 5.32 Å². The van der Waals surface area contributed by atoms with Crippen LogP contribution in [-0.2, 0) is 12.8 Å². The minimum absolute atomic E-state index is 0.597. The quantitative estimate of drug-likeness (QED) is 0.901. The van der Waals surface area contributed by atoms with Gasteiger partial charge in [-0.3, -0.25) is 0 Å². The smallest absolute Gasteiger partial charge is 0.148 e. The summed E-state index contributed by atoms with van der Waals surface area (Å²) in [5, 5.41) is 13.3. The van der Waals surface area contributed by atoms with Gasteiger partial charge in [0.25, 0.3) is 0 Å². The molecular formula is C16H14ClN3. The Balaban J connectivity index is 2.00. The first-order valence-corrected chi connectivity index (χ1v) is 7.01. The van der Waals surface area contributed by atoms with Crippen LogP contribution in [0.3, 0.4) is 0 Å². The van der Waals surface area contributed by atoms with Crippen LogP contribution in [0.15, 0.2) is 24.3 Å². The number of nitrogens with one attached hydrogen (secondary N) is 1. The number of nitriles is 1. The van der Waals surface area contributed by atoms with Gasteiger partial charge in [0.1, 0.15) is 11.9 Å². The fraction of sp³-hybridized carbons (Fsp3) is 0.250. The van der Waals surface area contributed by atoms with Gasteiger partial charge in [0, 0.05) is 16.4 Å². The first-order chi connectivity index (χ1) is 9.67. The zero-order chi connectivity index (χ0) is 14.1. The number of benzene rings is 1. The van der Waals surface area contributed by atoms with E-state index in [1.54, 1.807) is 0 Å². The van der Waals surface area contributed by atoms with Gasteiger partial charge in [-0.15, -0.1) is 0 Å². The SMILES string of the molecule is Cc1cc(Cl)ccc1Nc1nc2c(cc1C#N)CCC2. The molecule has 1 aromatic heterocycles. The van der Waals surface area contributed by atoms with Crippen molar-refractivity contribution < 1.29 is 0 Å². The van der Waals surface area contributed by atoms with Crippen LogP contribution in [0.1, 0.15) is 28.8 Å². The Hall–Kier alpha value is -2.05. The Morgan fingerprint density at radius 3 is 2.90 bits per heavy atom. The second kappa shape index (κ2) is 5.15. The maximum Gasteiger partial charge on any atom is 0.148 e. The molecule has 3 rings (SSSR count). The van der Waals surface area contributed by atoms with Gasteiger partial charge < -0.3 is 5.32 Å². The summed E-state index contributed by atoms with van der Waals surface area (Å²) in [6.07, 6.45) is 3.14. The van der Waals surface area contributed by atoms with Crippen LogP contribution in [0, 0.1) is 18.3 Å². The summed E-state index contributed by atoms with van der Waals surface area (Å²) in [6, 6.07) is 9.82. The minimum atomic E-state index is 0.597. The van der Waals surface area contributed by atoms with Gasteiger partial charge >= 0.3 is 0 Å². The molecule has 0 fully saturated rings. The number of rotatable bonds is 2.